The molecule has 1 aromatic rings. The van der Waals surface area contributed by atoms with E-state index in [1.165, 1.54) is 0 Å². The number of hydroxylamine groups is 2. The highest BCUT2D eigenvalue weighted by molar-refractivity contribution is 5.73. The molecule has 0 bridgehead atoms. The first-order valence-electron chi connectivity index (χ1n) is 6.84. The van der Waals surface area contributed by atoms with Gasteiger partial charge in [-0.2, -0.15) is 0 Å². The monoisotopic (exact) mass is 271 g/mol. The Morgan fingerprint density at radius 3 is 2.50 bits per heavy atom. The summed E-state index contributed by atoms with van der Waals surface area (Å²) in [6.07, 6.45) is 1.41. The van der Waals surface area contributed by atoms with Gasteiger partial charge in [0, 0.05) is 11.1 Å². The van der Waals surface area contributed by atoms with Gasteiger partial charge in [0.1, 0.15) is 0 Å². The Kier molecular flexibility index (Phi) is 4.42. The summed E-state index contributed by atoms with van der Waals surface area (Å²) in [4.78, 5) is 5.74. The van der Waals surface area contributed by atoms with Crippen molar-refractivity contribution < 1.29 is 9.94 Å². The van der Waals surface area contributed by atoms with Crippen LogP contribution in [-0.2, 0) is 4.84 Å². The predicted octanol–water partition coefficient (Wildman–Crippen LogP) is 3.51. The van der Waals surface area contributed by atoms with E-state index in [0.717, 1.165) is 22.4 Å². The van der Waals surface area contributed by atoms with Gasteiger partial charge in [-0.25, -0.2) is 5.06 Å². The van der Waals surface area contributed by atoms with E-state index >= 15 is 0 Å². The third-order valence-electron chi connectivity index (χ3n) is 3.28. The summed E-state index contributed by atoms with van der Waals surface area (Å²) in [6.45, 7) is 10.3. The zero-order valence-corrected chi connectivity index (χ0v) is 12.3. The van der Waals surface area contributed by atoms with Crippen molar-refractivity contribution in [2.24, 2.45) is 0 Å². The van der Waals surface area contributed by atoms with Crippen LogP contribution in [0.2, 0.25) is 0 Å². The Morgan fingerprint density at radius 2 is 1.95 bits per heavy atom. The molecule has 0 aromatic heterocycles. The maximum atomic E-state index is 9.87. The van der Waals surface area contributed by atoms with Gasteiger partial charge >= 0.3 is 0 Å². The summed E-state index contributed by atoms with van der Waals surface area (Å²) < 4.78 is 0. The van der Waals surface area contributed by atoms with Gasteiger partial charge < -0.3 is 5.11 Å². The second kappa shape index (κ2) is 6.07. The highest BCUT2D eigenvalue weighted by Crippen LogP contribution is 2.35. The lowest BCUT2D eigenvalue weighted by atomic mass is 9.96. The number of aliphatic hydroxyl groups is 1. The van der Waals surface area contributed by atoms with E-state index in [1.54, 1.807) is 12.0 Å². The van der Waals surface area contributed by atoms with Crippen LogP contribution in [0.4, 0.5) is 0 Å². The summed E-state index contributed by atoms with van der Waals surface area (Å²) in [5.41, 5.74) is 4.57. The zero-order valence-electron chi connectivity index (χ0n) is 12.3. The molecule has 0 saturated heterocycles. The van der Waals surface area contributed by atoms with Gasteiger partial charge in [-0.15, -0.1) is 0 Å². The molecule has 1 aliphatic heterocycles. The van der Waals surface area contributed by atoms with Crippen molar-refractivity contribution in [2.45, 2.75) is 26.9 Å². The van der Waals surface area contributed by atoms with Gasteiger partial charge in [0.05, 0.1) is 24.1 Å². The molecule has 2 rings (SSSR count). The van der Waals surface area contributed by atoms with Crippen LogP contribution in [0.15, 0.2) is 59.8 Å². The van der Waals surface area contributed by atoms with Crippen molar-refractivity contribution in [2.75, 3.05) is 6.61 Å². The first-order chi connectivity index (χ1) is 9.56. The third kappa shape index (κ3) is 2.69. The van der Waals surface area contributed by atoms with E-state index in [1.807, 2.05) is 50.3 Å². The van der Waals surface area contributed by atoms with Gasteiger partial charge in [-0.05, 0) is 32.4 Å². The lowest BCUT2D eigenvalue weighted by Crippen LogP contribution is -2.29. The molecular weight excluding hydrogens is 250 g/mol. The van der Waals surface area contributed by atoms with Crippen LogP contribution in [0.25, 0.3) is 5.70 Å². The van der Waals surface area contributed by atoms with Crippen molar-refractivity contribution >= 4 is 5.70 Å². The Bertz CT molecular complexity index is 556. The fraction of sp³-hybridized carbons (Fsp3) is 0.294. The van der Waals surface area contributed by atoms with E-state index in [9.17, 15) is 5.11 Å². The Hall–Kier alpha value is -1.84. The first-order valence-corrected chi connectivity index (χ1v) is 6.84. The molecule has 3 heteroatoms. The van der Waals surface area contributed by atoms with Crippen molar-refractivity contribution in [3.8, 4) is 0 Å². The number of rotatable bonds is 4. The molecule has 1 unspecified atom stereocenters. The van der Waals surface area contributed by atoms with E-state index in [-0.39, 0.29) is 0 Å². The van der Waals surface area contributed by atoms with Crippen molar-refractivity contribution in [3.63, 3.8) is 0 Å². The van der Waals surface area contributed by atoms with Crippen LogP contribution in [0.3, 0.4) is 0 Å². The van der Waals surface area contributed by atoms with Crippen molar-refractivity contribution in [1.29, 1.82) is 0 Å². The van der Waals surface area contributed by atoms with E-state index in [4.69, 9.17) is 4.84 Å². The Morgan fingerprint density at radius 1 is 1.30 bits per heavy atom. The summed E-state index contributed by atoms with van der Waals surface area (Å²) in [6, 6.07) is 10.1. The maximum absolute atomic E-state index is 9.87. The lowest BCUT2D eigenvalue weighted by Gasteiger charge is -2.34. The molecule has 1 aliphatic rings. The predicted molar refractivity (Wildman–Crippen MR) is 81.4 cm³/mol. The smallest absolute Gasteiger partial charge is 0.0796 e. The molecule has 0 aliphatic carbocycles. The average molecular weight is 271 g/mol. The van der Waals surface area contributed by atoms with Gasteiger partial charge in [0.2, 0.25) is 0 Å². The average Bonchev–Trinajstić information content (AvgIpc) is 2.43. The second-order valence-electron chi connectivity index (χ2n) is 4.83. The molecule has 0 fully saturated rings. The van der Waals surface area contributed by atoms with Crippen molar-refractivity contribution in [1.82, 2.24) is 5.06 Å². The number of benzene rings is 1. The number of hydrogen-bond acceptors (Lipinski definition) is 3. The molecule has 20 heavy (non-hydrogen) atoms. The SMILES string of the molecule is C=C1C(C(C)O)=CC(C)=C(c2ccccc2)N1OCC. The minimum atomic E-state index is -0.572. The van der Waals surface area contributed by atoms with Crippen LogP contribution in [0.5, 0.6) is 0 Å². The number of hydrogen-bond donors (Lipinski definition) is 1. The van der Waals surface area contributed by atoms with Crippen LogP contribution in [-0.4, -0.2) is 22.9 Å². The summed E-state index contributed by atoms with van der Waals surface area (Å²) >= 11 is 0. The number of nitrogens with zero attached hydrogens (tertiary/aromatic N) is 1. The molecule has 0 saturated carbocycles. The Labute approximate surface area is 120 Å². The number of allylic oxidation sites excluding steroid dienone is 2. The molecule has 0 radical (unpaired) electrons. The summed E-state index contributed by atoms with van der Waals surface area (Å²) in [5.74, 6) is 0. The topological polar surface area (TPSA) is 32.7 Å². The highest BCUT2D eigenvalue weighted by Gasteiger charge is 2.26. The molecule has 106 valence electrons. The van der Waals surface area contributed by atoms with E-state index in [0.29, 0.717) is 12.3 Å². The van der Waals surface area contributed by atoms with Gasteiger partial charge in [-0.3, -0.25) is 4.84 Å². The minimum Gasteiger partial charge on any atom is -0.389 e. The molecule has 1 heterocycles. The van der Waals surface area contributed by atoms with Crippen LogP contribution in [0, 0.1) is 0 Å². The van der Waals surface area contributed by atoms with Gasteiger partial charge in [0.25, 0.3) is 0 Å². The fourth-order valence-electron chi connectivity index (χ4n) is 2.37. The normalized spacial score (nSPS) is 17.3. The van der Waals surface area contributed by atoms with Crippen LogP contribution < -0.4 is 0 Å². The van der Waals surface area contributed by atoms with E-state index in [2.05, 4.69) is 6.58 Å². The van der Waals surface area contributed by atoms with Crippen LogP contribution in [0.1, 0.15) is 26.3 Å². The molecule has 3 nitrogen and oxygen atoms in total. The number of aliphatic hydroxyl groups excluding tert-OH is 1. The molecule has 1 atom stereocenters. The van der Waals surface area contributed by atoms with Gasteiger partial charge in [-0.1, -0.05) is 36.9 Å². The Balaban J connectivity index is 2.54. The summed E-state index contributed by atoms with van der Waals surface area (Å²) in [7, 11) is 0. The lowest BCUT2D eigenvalue weighted by molar-refractivity contribution is -0.0755. The molecule has 0 spiro atoms. The minimum absolute atomic E-state index is 0.537. The molecule has 0 amide bonds. The largest absolute Gasteiger partial charge is 0.389 e. The standard InChI is InChI=1S/C17H21NO2/c1-5-20-18-13(3)16(14(4)19)11-12(2)17(18)15-9-7-6-8-10-15/h6-11,14,19H,3,5H2,1-2,4H3. The zero-order chi connectivity index (χ0) is 14.7. The van der Waals surface area contributed by atoms with Crippen LogP contribution >= 0.6 is 0 Å². The summed E-state index contributed by atoms with van der Waals surface area (Å²) in [5, 5.41) is 11.6. The highest BCUT2D eigenvalue weighted by atomic mass is 16.7. The quantitative estimate of drug-likeness (QED) is 0.909. The fourth-order valence-corrected chi connectivity index (χ4v) is 2.37. The molecule has 1 aromatic carbocycles. The molecular formula is C17H21NO2. The first kappa shape index (κ1) is 14.6. The second-order valence-corrected chi connectivity index (χ2v) is 4.83. The van der Waals surface area contributed by atoms with Crippen molar-refractivity contribution in [3.05, 3.63) is 65.4 Å². The van der Waals surface area contributed by atoms with Gasteiger partial charge in [0.15, 0.2) is 0 Å². The third-order valence-corrected chi connectivity index (χ3v) is 3.28. The van der Waals surface area contributed by atoms with E-state index < -0.39 is 6.10 Å². The maximum Gasteiger partial charge on any atom is 0.0796 e. The molecule has 1 N–H and O–H groups in total.